The fourth-order valence-corrected chi connectivity index (χ4v) is 1.96. The number of para-hydroxylation sites is 2. The largest absolute Gasteiger partial charge is 0.388 e. The van der Waals surface area contributed by atoms with E-state index in [0.29, 0.717) is 6.42 Å². The Morgan fingerprint density at radius 1 is 1.50 bits per heavy atom. The van der Waals surface area contributed by atoms with E-state index in [1.807, 2.05) is 42.7 Å². The fourth-order valence-electron chi connectivity index (χ4n) is 1.96. The first-order valence-electron chi connectivity index (χ1n) is 6.86. The number of nitrogens with one attached hydrogen (secondary N) is 1. The maximum atomic E-state index is 12.2. The van der Waals surface area contributed by atoms with Gasteiger partial charge in [0, 0.05) is 6.54 Å². The average molecular weight is 275 g/mol. The summed E-state index contributed by atoms with van der Waals surface area (Å²) >= 11 is 0. The van der Waals surface area contributed by atoms with Gasteiger partial charge < -0.3 is 15.0 Å². The number of fused-ring (bicyclic) bond motifs is 1. The first-order chi connectivity index (χ1) is 9.44. The van der Waals surface area contributed by atoms with Gasteiger partial charge in [0.2, 0.25) is 5.91 Å². The molecule has 0 saturated heterocycles. The molecule has 1 heterocycles. The SMILES string of the molecule is CCC(C)(O)CNC(=O)C(C)n1cnc2ccccc21. The number of hydrogen-bond donors (Lipinski definition) is 2. The molecule has 0 aliphatic carbocycles. The highest BCUT2D eigenvalue weighted by Gasteiger charge is 2.22. The van der Waals surface area contributed by atoms with Crippen molar-refractivity contribution >= 4 is 16.9 Å². The van der Waals surface area contributed by atoms with Gasteiger partial charge in [-0.05, 0) is 32.4 Å². The smallest absolute Gasteiger partial charge is 0.242 e. The lowest BCUT2D eigenvalue weighted by Gasteiger charge is -2.23. The highest BCUT2D eigenvalue weighted by atomic mass is 16.3. The second-order valence-corrected chi connectivity index (χ2v) is 5.38. The Kier molecular flexibility index (Phi) is 4.09. The van der Waals surface area contributed by atoms with E-state index in [2.05, 4.69) is 10.3 Å². The Labute approximate surface area is 118 Å². The van der Waals surface area contributed by atoms with E-state index in [-0.39, 0.29) is 18.5 Å². The predicted octanol–water partition coefficient (Wildman–Crippen LogP) is 1.87. The Bertz CT molecular complexity index is 604. The minimum Gasteiger partial charge on any atom is -0.388 e. The molecular weight excluding hydrogens is 254 g/mol. The highest BCUT2D eigenvalue weighted by molar-refractivity contribution is 5.83. The van der Waals surface area contributed by atoms with Crippen molar-refractivity contribution in [2.45, 2.75) is 38.8 Å². The second kappa shape index (κ2) is 5.63. The summed E-state index contributed by atoms with van der Waals surface area (Å²) in [6.45, 7) is 5.67. The zero-order chi connectivity index (χ0) is 14.8. The average Bonchev–Trinajstić information content (AvgIpc) is 2.88. The van der Waals surface area contributed by atoms with Crippen LogP contribution in [-0.4, -0.2) is 32.7 Å². The zero-order valence-electron chi connectivity index (χ0n) is 12.1. The molecule has 1 amide bonds. The van der Waals surface area contributed by atoms with Gasteiger partial charge in [0.15, 0.2) is 0 Å². The van der Waals surface area contributed by atoms with Crippen LogP contribution in [0, 0.1) is 0 Å². The molecule has 0 saturated carbocycles. The third kappa shape index (κ3) is 2.99. The third-order valence-corrected chi connectivity index (χ3v) is 3.68. The molecule has 0 aliphatic heterocycles. The van der Waals surface area contributed by atoms with Gasteiger partial charge in [-0.3, -0.25) is 4.79 Å². The first kappa shape index (κ1) is 14.5. The van der Waals surface area contributed by atoms with Crippen molar-refractivity contribution in [2.75, 3.05) is 6.54 Å². The van der Waals surface area contributed by atoms with E-state index in [0.717, 1.165) is 11.0 Å². The van der Waals surface area contributed by atoms with Crippen molar-refractivity contribution in [3.8, 4) is 0 Å². The van der Waals surface area contributed by atoms with Crippen molar-refractivity contribution in [1.82, 2.24) is 14.9 Å². The third-order valence-electron chi connectivity index (χ3n) is 3.68. The Balaban J connectivity index is 2.11. The van der Waals surface area contributed by atoms with E-state index in [1.54, 1.807) is 13.3 Å². The maximum absolute atomic E-state index is 12.2. The van der Waals surface area contributed by atoms with Crippen LogP contribution in [0.1, 0.15) is 33.2 Å². The van der Waals surface area contributed by atoms with E-state index < -0.39 is 5.60 Å². The quantitative estimate of drug-likeness (QED) is 0.875. The lowest BCUT2D eigenvalue weighted by Crippen LogP contribution is -2.42. The standard InChI is InChI=1S/C15H21N3O2/c1-4-15(3,20)9-16-14(19)11(2)18-10-17-12-7-5-6-8-13(12)18/h5-8,10-11,20H,4,9H2,1-3H3,(H,16,19). The molecule has 2 unspecified atom stereocenters. The molecule has 0 fully saturated rings. The molecule has 0 radical (unpaired) electrons. The van der Waals surface area contributed by atoms with Crippen molar-refractivity contribution in [3.05, 3.63) is 30.6 Å². The number of aliphatic hydroxyl groups is 1. The van der Waals surface area contributed by atoms with Crippen molar-refractivity contribution in [3.63, 3.8) is 0 Å². The summed E-state index contributed by atoms with van der Waals surface area (Å²) in [7, 11) is 0. The number of carbonyl (C=O) groups is 1. The molecule has 0 bridgehead atoms. The summed E-state index contributed by atoms with van der Waals surface area (Å²) in [5.41, 5.74) is 0.928. The normalized spacial score (nSPS) is 15.8. The van der Waals surface area contributed by atoms with E-state index in [1.165, 1.54) is 0 Å². The predicted molar refractivity (Wildman–Crippen MR) is 78.4 cm³/mol. The highest BCUT2D eigenvalue weighted by Crippen LogP contribution is 2.17. The molecule has 2 aromatic rings. The number of hydrogen-bond acceptors (Lipinski definition) is 3. The van der Waals surface area contributed by atoms with Gasteiger partial charge >= 0.3 is 0 Å². The molecule has 2 atom stereocenters. The van der Waals surface area contributed by atoms with Gasteiger partial charge in [0.1, 0.15) is 6.04 Å². The van der Waals surface area contributed by atoms with Gasteiger partial charge in [-0.1, -0.05) is 19.1 Å². The second-order valence-electron chi connectivity index (χ2n) is 5.38. The molecule has 108 valence electrons. The fraction of sp³-hybridized carbons (Fsp3) is 0.467. The Hall–Kier alpha value is -1.88. The summed E-state index contributed by atoms with van der Waals surface area (Å²) in [4.78, 5) is 16.5. The number of benzene rings is 1. The van der Waals surface area contributed by atoms with E-state index in [4.69, 9.17) is 0 Å². The summed E-state index contributed by atoms with van der Waals surface area (Å²) in [6, 6.07) is 7.33. The molecule has 2 N–H and O–H groups in total. The molecule has 5 heteroatoms. The van der Waals surface area contributed by atoms with Crippen molar-refractivity contribution in [2.24, 2.45) is 0 Å². The molecule has 2 rings (SSSR count). The van der Waals surface area contributed by atoms with Crippen LogP contribution in [0.2, 0.25) is 0 Å². The number of aromatic nitrogens is 2. The van der Waals surface area contributed by atoms with Gasteiger partial charge in [-0.25, -0.2) is 4.98 Å². The zero-order valence-corrected chi connectivity index (χ0v) is 12.1. The van der Waals surface area contributed by atoms with E-state index >= 15 is 0 Å². The number of nitrogens with zero attached hydrogens (tertiary/aromatic N) is 2. The Morgan fingerprint density at radius 2 is 2.20 bits per heavy atom. The van der Waals surface area contributed by atoms with Crippen LogP contribution in [0.15, 0.2) is 30.6 Å². The van der Waals surface area contributed by atoms with Crippen LogP contribution in [0.5, 0.6) is 0 Å². The van der Waals surface area contributed by atoms with Crippen molar-refractivity contribution < 1.29 is 9.90 Å². The number of carbonyl (C=O) groups excluding carboxylic acids is 1. The van der Waals surface area contributed by atoms with Crippen LogP contribution < -0.4 is 5.32 Å². The maximum Gasteiger partial charge on any atom is 0.242 e. The van der Waals surface area contributed by atoms with Gasteiger partial charge in [0.05, 0.1) is 23.0 Å². The van der Waals surface area contributed by atoms with Crippen LogP contribution in [-0.2, 0) is 4.79 Å². The topological polar surface area (TPSA) is 67.2 Å². The lowest BCUT2D eigenvalue weighted by atomic mass is 10.0. The van der Waals surface area contributed by atoms with Gasteiger partial charge in [-0.2, -0.15) is 0 Å². The summed E-state index contributed by atoms with van der Waals surface area (Å²) in [6.07, 6.45) is 2.27. The summed E-state index contributed by atoms with van der Waals surface area (Å²) < 4.78 is 1.84. The van der Waals surface area contributed by atoms with Crippen LogP contribution >= 0.6 is 0 Å². The van der Waals surface area contributed by atoms with E-state index in [9.17, 15) is 9.90 Å². The molecule has 0 aliphatic rings. The molecule has 1 aromatic carbocycles. The summed E-state index contributed by atoms with van der Waals surface area (Å²) in [5.74, 6) is -0.123. The molecular formula is C15H21N3O2. The van der Waals surface area contributed by atoms with Crippen molar-refractivity contribution in [1.29, 1.82) is 0 Å². The monoisotopic (exact) mass is 275 g/mol. The van der Waals surface area contributed by atoms with Crippen LogP contribution in [0.25, 0.3) is 11.0 Å². The first-order valence-corrected chi connectivity index (χ1v) is 6.86. The number of amides is 1. The van der Waals surface area contributed by atoms with Crippen LogP contribution in [0.3, 0.4) is 0 Å². The minimum atomic E-state index is -0.869. The van der Waals surface area contributed by atoms with Gasteiger partial charge in [-0.15, -0.1) is 0 Å². The van der Waals surface area contributed by atoms with Gasteiger partial charge in [0.25, 0.3) is 0 Å². The molecule has 5 nitrogen and oxygen atoms in total. The molecule has 0 spiro atoms. The lowest BCUT2D eigenvalue weighted by molar-refractivity contribution is -0.125. The molecule has 1 aromatic heterocycles. The summed E-state index contributed by atoms with van der Waals surface area (Å²) in [5, 5.41) is 12.7. The minimum absolute atomic E-state index is 0.123. The number of rotatable bonds is 5. The molecule has 20 heavy (non-hydrogen) atoms. The number of imidazole rings is 1. The van der Waals surface area contributed by atoms with Crippen LogP contribution in [0.4, 0.5) is 0 Å². The Morgan fingerprint density at radius 3 is 2.90 bits per heavy atom.